The molecule has 13 heteroatoms. The third-order valence-corrected chi connectivity index (χ3v) is 3.53. The highest BCUT2D eigenvalue weighted by atomic mass is 35.5. The highest BCUT2D eigenvalue weighted by molar-refractivity contribution is 5.64. The minimum Gasteiger partial charge on any atom is -1.00 e. The van der Waals surface area contributed by atoms with Gasteiger partial charge in [0.15, 0.2) is 12.1 Å². The minimum absolute atomic E-state index is 0. The summed E-state index contributed by atoms with van der Waals surface area (Å²) in [5, 5.41) is 10.6. The molecule has 1 aliphatic heterocycles. The summed E-state index contributed by atoms with van der Waals surface area (Å²) in [4.78, 5) is 35.9. The zero-order chi connectivity index (χ0) is 19.4. The van der Waals surface area contributed by atoms with Gasteiger partial charge in [-0.05, 0) is 12.1 Å². The first kappa shape index (κ1) is 21.1. The van der Waals surface area contributed by atoms with Crippen molar-refractivity contribution >= 4 is 17.7 Å². The van der Waals surface area contributed by atoms with Crippen LogP contribution in [0.1, 0.15) is 6.23 Å². The molecule has 0 bridgehead atoms. The highest BCUT2D eigenvalue weighted by Crippen LogP contribution is 2.19. The van der Waals surface area contributed by atoms with Gasteiger partial charge in [-0.15, -0.1) is 0 Å². The maximum atomic E-state index is 11.8. The van der Waals surface area contributed by atoms with E-state index in [1.165, 1.54) is 41.1 Å². The van der Waals surface area contributed by atoms with Gasteiger partial charge in [-0.25, -0.2) is 4.79 Å². The number of nitro benzene ring substituents is 1. The number of carbonyl (C=O) groups excluding carboxylic acids is 1. The van der Waals surface area contributed by atoms with E-state index in [0.717, 1.165) is 0 Å². The second-order valence-electron chi connectivity index (χ2n) is 5.38. The lowest BCUT2D eigenvalue weighted by Gasteiger charge is -2.10. The van der Waals surface area contributed by atoms with Crippen molar-refractivity contribution in [2.24, 2.45) is 0 Å². The molecule has 1 aliphatic rings. The summed E-state index contributed by atoms with van der Waals surface area (Å²) in [6.07, 6.45) is -1.16. The summed E-state index contributed by atoms with van der Waals surface area (Å²) in [6.45, 7) is -0.196. The Morgan fingerprint density at radius 2 is 2.07 bits per heavy atom. The lowest BCUT2D eigenvalue weighted by Crippen LogP contribution is -3.00. The van der Waals surface area contributed by atoms with E-state index in [9.17, 15) is 19.7 Å². The van der Waals surface area contributed by atoms with Crippen LogP contribution in [0.3, 0.4) is 0 Å². The van der Waals surface area contributed by atoms with Gasteiger partial charge in [0, 0.05) is 18.2 Å². The van der Waals surface area contributed by atoms with Gasteiger partial charge in [0.1, 0.15) is 25.2 Å². The van der Waals surface area contributed by atoms with Gasteiger partial charge in [-0.3, -0.25) is 10.1 Å². The molecule has 1 fully saturated rings. The summed E-state index contributed by atoms with van der Waals surface area (Å²) in [5.74, 6) is 0.296. The van der Waals surface area contributed by atoms with Gasteiger partial charge >= 0.3 is 11.8 Å². The Kier molecular flexibility index (Phi) is 6.87. The number of nitrogens with two attached hydrogens (primary N) is 1. The van der Waals surface area contributed by atoms with Crippen molar-refractivity contribution < 1.29 is 45.6 Å². The summed E-state index contributed by atoms with van der Waals surface area (Å²) >= 11 is 0. The molecule has 0 saturated carbocycles. The van der Waals surface area contributed by atoms with E-state index in [2.05, 4.69) is 4.98 Å². The van der Waals surface area contributed by atoms with E-state index in [1.54, 1.807) is 0 Å². The van der Waals surface area contributed by atoms with Crippen LogP contribution in [0.4, 0.5) is 16.3 Å². The number of hydrogen-bond donors (Lipinski definition) is 2. The molecule has 1 saturated heterocycles. The van der Waals surface area contributed by atoms with Crippen LogP contribution in [0.2, 0.25) is 0 Å². The van der Waals surface area contributed by atoms with Crippen molar-refractivity contribution in [1.29, 1.82) is 0 Å². The van der Waals surface area contributed by atoms with Crippen molar-refractivity contribution in [3.05, 3.63) is 57.1 Å². The number of aromatic amines is 1. The number of aromatic nitrogens is 2. The van der Waals surface area contributed by atoms with E-state index in [4.69, 9.17) is 24.7 Å². The molecule has 3 N–H and O–H groups in total. The lowest BCUT2D eigenvalue weighted by molar-refractivity contribution is -0.771. The zero-order valence-electron chi connectivity index (χ0n) is 14.1. The molecule has 3 rings (SSSR count). The van der Waals surface area contributed by atoms with E-state index in [0.29, 0.717) is 0 Å². The number of ether oxygens (including phenoxy) is 4. The first-order valence-corrected chi connectivity index (χ1v) is 7.68. The molecule has 150 valence electrons. The minimum atomic E-state index is -1.03. The number of H-pyrrole nitrogens is 1. The van der Waals surface area contributed by atoms with Gasteiger partial charge < -0.3 is 37.1 Å². The van der Waals surface area contributed by atoms with E-state index >= 15 is 0 Å². The second-order valence-corrected chi connectivity index (χ2v) is 5.38. The number of nitrogen functional groups attached to an aromatic ring is 1. The first-order chi connectivity index (χ1) is 12.9. The predicted molar refractivity (Wildman–Crippen MR) is 86.6 cm³/mol. The monoisotopic (exact) mass is 414 g/mol. The number of nitrogens with zero attached hydrogens (tertiary/aromatic N) is 2. The Morgan fingerprint density at radius 3 is 2.71 bits per heavy atom. The van der Waals surface area contributed by atoms with Crippen LogP contribution in [0.25, 0.3) is 0 Å². The molecular formula is C15H15ClN4O8. The molecule has 1 aromatic carbocycles. The van der Waals surface area contributed by atoms with Gasteiger partial charge in [0.2, 0.25) is 6.23 Å². The summed E-state index contributed by atoms with van der Waals surface area (Å²) < 4.78 is 21.8. The Balaban J connectivity index is 0.00000280. The third kappa shape index (κ3) is 5.16. The second kappa shape index (κ2) is 9.12. The molecule has 0 amide bonds. The van der Waals surface area contributed by atoms with Crippen LogP contribution in [0, 0.1) is 10.1 Å². The smallest absolute Gasteiger partial charge is 0.514 e. The molecule has 12 nitrogen and oxygen atoms in total. The number of carbonyl (C=O) groups is 1. The van der Waals surface area contributed by atoms with Gasteiger partial charge in [-0.1, -0.05) is 0 Å². The predicted octanol–water partition coefficient (Wildman–Crippen LogP) is -2.76. The van der Waals surface area contributed by atoms with E-state index in [-0.39, 0.29) is 42.9 Å². The average molecular weight is 415 g/mol. The third-order valence-electron chi connectivity index (χ3n) is 3.53. The van der Waals surface area contributed by atoms with Crippen molar-refractivity contribution in [1.82, 2.24) is 4.98 Å². The van der Waals surface area contributed by atoms with Crippen molar-refractivity contribution in [2.75, 3.05) is 18.9 Å². The lowest BCUT2D eigenvalue weighted by atomic mass is 10.3. The number of rotatable bonds is 5. The van der Waals surface area contributed by atoms with Crippen molar-refractivity contribution in [2.45, 2.75) is 12.5 Å². The fourth-order valence-corrected chi connectivity index (χ4v) is 2.26. The van der Waals surface area contributed by atoms with Crippen LogP contribution < -0.4 is 33.1 Å². The number of non-ortho nitro benzene ring substituents is 1. The maximum absolute atomic E-state index is 11.8. The summed E-state index contributed by atoms with van der Waals surface area (Å²) in [5.41, 5.74) is 4.87. The molecule has 28 heavy (non-hydrogen) atoms. The summed E-state index contributed by atoms with van der Waals surface area (Å²) in [6, 6.07) is 6.41. The Hall–Kier alpha value is -3.22. The quantitative estimate of drug-likeness (QED) is 0.174. The van der Waals surface area contributed by atoms with Crippen LogP contribution in [-0.2, 0) is 14.2 Å². The standard InChI is InChI=1S/C15H14N4O8.ClH/c16-11-5-6-18(14(20)17-11)12-7-24-13(27-12)8-25-15(21)26-10-3-1-9(2-4-10)19(22)23;/h1-6,12-13H,7-8H2,(H2,16,17,20);1H/t12-,13-;/m0./s1. The Morgan fingerprint density at radius 1 is 1.36 bits per heavy atom. The topological polar surface area (TPSA) is 160 Å². The number of benzene rings is 1. The molecule has 0 unspecified atom stereocenters. The number of halogens is 1. The normalized spacial score (nSPS) is 18.1. The molecule has 0 aliphatic carbocycles. The number of nitro groups is 1. The molecule has 1 aromatic heterocycles. The Labute approximate surface area is 163 Å². The van der Waals surface area contributed by atoms with E-state index < -0.39 is 29.3 Å². The van der Waals surface area contributed by atoms with Gasteiger partial charge in [-0.2, -0.15) is 14.3 Å². The van der Waals surface area contributed by atoms with Gasteiger partial charge in [0.25, 0.3) is 5.69 Å². The fourth-order valence-electron chi connectivity index (χ4n) is 2.26. The molecular weight excluding hydrogens is 400 g/mol. The van der Waals surface area contributed by atoms with Crippen molar-refractivity contribution in [3.63, 3.8) is 0 Å². The van der Waals surface area contributed by atoms with Gasteiger partial charge in [0.05, 0.1) is 4.92 Å². The maximum Gasteiger partial charge on any atom is 0.514 e. The molecule has 2 aromatic rings. The zero-order valence-corrected chi connectivity index (χ0v) is 14.9. The van der Waals surface area contributed by atoms with Crippen LogP contribution in [-0.4, -0.2) is 35.6 Å². The SMILES string of the molecule is Nc1cc[n+]([C@@H]2CO[C@H](COC(=O)Oc3ccc([N+](=O)[O-])cc3)O2)c(=O)[nH]1.[Cl-]. The fraction of sp³-hybridized carbons (Fsp3) is 0.267. The number of anilines is 1. The van der Waals surface area contributed by atoms with Crippen LogP contribution in [0.15, 0.2) is 41.3 Å². The number of hydrogen-bond acceptors (Lipinski definition) is 9. The van der Waals surface area contributed by atoms with E-state index in [1.807, 2.05) is 0 Å². The van der Waals surface area contributed by atoms with Crippen LogP contribution >= 0.6 is 0 Å². The van der Waals surface area contributed by atoms with Crippen molar-refractivity contribution in [3.8, 4) is 5.75 Å². The largest absolute Gasteiger partial charge is 1.00 e. The average Bonchev–Trinajstić information content (AvgIpc) is 3.09. The number of nitrogens with one attached hydrogen (secondary N) is 1. The van der Waals surface area contributed by atoms with Crippen LogP contribution in [0.5, 0.6) is 5.75 Å². The molecule has 0 radical (unpaired) electrons. The molecule has 2 atom stereocenters. The Bertz CT molecular complexity index is 904. The highest BCUT2D eigenvalue weighted by Gasteiger charge is 2.33. The molecule has 0 spiro atoms. The molecule has 2 heterocycles. The first-order valence-electron chi connectivity index (χ1n) is 7.68. The summed E-state index contributed by atoms with van der Waals surface area (Å²) in [7, 11) is 0.